The first kappa shape index (κ1) is 14.1. The lowest BCUT2D eigenvalue weighted by Crippen LogP contribution is -2.29. The number of nitrogens with one attached hydrogen (secondary N) is 2. The molecule has 1 heterocycles. The molecule has 1 amide bonds. The highest BCUT2D eigenvalue weighted by Crippen LogP contribution is 2.18. The SMILES string of the molecule is Cc1cccc(C)c1NCC(=O)NCc1cccnc1. The highest BCUT2D eigenvalue weighted by atomic mass is 16.1. The van der Waals surface area contributed by atoms with Gasteiger partial charge in [-0.1, -0.05) is 24.3 Å². The van der Waals surface area contributed by atoms with Crippen molar-refractivity contribution in [2.45, 2.75) is 20.4 Å². The molecule has 0 aliphatic heterocycles. The summed E-state index contributed by atoms with van der Waals surface area (Å²) in [6, 6.07) is 9.87. The zero-order valence-electron chi connectivity index (χ0n) is 11.8. The number of para-hydroxylation sites is 1. The number of carbonyl (C=O) groups excluding carboxylic acids is 1. The summed E-state index contributed by atoms with van der Waals surface area (Å²) in [5.74, 6) is -0.0310. The van der Waals surface area contributed by atoms with Gasteiger partial charge < -0.3 is 10.6 Å². The number of hydrogen-bond acceptors (Lipinski definition) is 3. The fourth-order valence-electron chi connectivity index (χ4n) is 2.03. The number of aromatic nitrogens is 1. The Hall–Kier alpha value is -2.36. The Balaban J connectivity index is 1.84. The van der Waals surface area contributed by atoms with E-state index in [1.54, 1.807) is 12.4 Å². The fraction of sp³-hybridized carbons (Fsp3) is 0.250. The molecule has 104 valence electrons. The van der Waals surface area contributed by atoms with Gasteiger partial charge in [-0.25, -0.2) is 0 Å². The number of nitrogens with zero attached hydrogens (tertiary/aromatic N) is 1. The van der Waals surface area contributed by atoms with Gasteiger partial charge in [-0.05, 0) is 36.6 Å². The van der Waals surface area contributed by atoms with Crippen molar-refractivity contribution in [1.82, 2.24) is 10.3 Å². The number of aryl methyl sites for hydroxylation is 2. The summed E-state index contributed by atoms with van der Waals surface area (Å²) in [5, 5.41) is 6.06. The molecule has 0 fully saturated rings. The predicted molar refractivity (Wildman–Crippen MR) is 80.5 cm³/mol. The molecule has 20 heavy (non-hydrogen) atoms. The van der Waals surface area contributed by atoms with Crippen LogP contribution in [-0.2, 0) is 11.3 Å². The number of hydrogen-bond donors (Lipinski definition) is 2. The maximum atomic E-state index is 11.8. The topological polar surface area (TPSA) is 54.0 Å². The molecule has 0 unspecified atom stereocenters. The lowest BCUT2D eigenvalue weighted by atomic mass is 10.1. The largest absolute Gasteiger partial charge is 0.376 e. The molecule has 0 spiro atoms. The molecule has 4 heteroatoms. The third kappa shape index (κ3) is 3.82. The van der Waals surface area contributed by atoms with Crippen LogP contribution in [-0.4, -0.2) is 17.4 Å². The molecule has 0 aliphatic rings. The molecule has 2 N–H and O–H groups in total. The highest BCUT2D eigenvalue weighted by molar-refractivity contribution is 5.81. The quantitative estimate of drug-likeness (QED) is 0.876. The molecule has 0 atom stereocenters. The molecule has 1 aromatic carbocycles. The highest BCUT2D eigenvalue weighted by Gasteiger charge is 2.05. The standard InChI is InChI=1S/C16H19N3O/c1-12-5-3-6-13(2)16(12)19-11-15(20)18-10-14-7-4-8-17-9-14/h3-9,19H,10-11H2,1-2H3,(H,18,20). The van der Waals surface area contributed by atoms with Gasteiger partial charge in [0, 0.05) is 24.6 Å². The Kier molecular flexibility index (Phi) is 4.71. The van der Waals surface area contributed by atoms with Crippen LogP contribution in [0.1, 0.15) is 16.7 Å². The van der Waals surface area contributed by atoms with Crippen LogP contribution in [0.15, 0.2) is 42.7 Å². The lowest BCUT2D eigenvalue weighted by molar-refractivity contribution is -0.119. The van der Waals surface area contributed by atoms with Gasteiger partial charge in [0.15, 0.2) is 0 Å². The Morgan fingerprint density at radius 3 is 2.55 bits per heavy atom. The van der Waals surface area contributed by atoms with Crippen LogP contribution in [0.2, 0.25) is 0 Å². The van der Waals surface area contributed by atoms with Gasteiger partial charge in [-0.15, -0.1) is 0 Å². The number of amides is 1. The summed E-state index contributed by atoms with van der Waals surface area (Å²) < 4.78 is 0. The summed E-state index contributed by atoms with van der Waals surface area (Å²) in [4.78, 5) is 15.8. The van der Waals surface area contributed by atoms with Crippen molar-refractivity contribution < 1.29 is 4.79 Å². The van der Waals surface area contributed by atoms with Crippen molar-refractivity contribution in [3.8, 4) is 0 Å². The zero-order chi connectivity index (χ0) is 14.4. The third-order valence-corrected chi connectivity index (χ3v) is 3.12. The number of anilines is 1. The molecule has 0 bridgehead atoms. The summed E-state index contributed by atoms with van der Waals surface area (Å²) in [6.45, 7) is 4.83. The molecular formula is C16H19N3O. The number of carbonyl (C=O) groups is 1. The minimum Gasteiger partial charge on any atom is -0.376 e. The summed E-state index contributed by atoms with van der Waals surface area (Å²) >= 11 is 0. The van der Waals surface area contributed by atoms with E-state index < -0.39 is 0 Å². The van der Waals surface area contributed by atoms with E-state index in [-0.39, 0.29) is 12.5 Å². The average Bonchev–Trinajstić information content (AvgIpc) is 2.46. The van der Waals surface area contributed by atoms with E-state index in [2.05, 4.69) is 15.6 Å². The van der Waals surface area contributed by atoms with Crippen molar-refractivity contribution in [2.24, 2.45) is 0 Å². The van der Waals surface area contributed by atoms with E-state index in [0.717, 1.165) is 22.4 Å². The van der Waals surface area contributed by atoms with E-state index in [1.165, 1.54) is 0 Å². The first-order chi connectivity index (χ1) is 9.66. The minimum absolute atomic E-state index is 0.0310. The van der Waals surface area contributed by atoms with Crippen LogP contribution in [0.5, 0.6) is 0 Å². The number of pyridine rings is 1. The average molecular weight is 269 g/mol. The van der Waals surface area contributed by atoms with Crippen molar-refractivity contribution in [2.75, 3.05) is 11.9 Å². The normalized spacial score (nSPS) is 10.1. The third-order valence-electron chi connectivity index (χ3n) is 3.12. The van der Waals surface area contributed by atoms with Gasteiger partial charge in [-0.2, -0.15) is 0 Å². The van der Waals surface area contributed by atoms with Gasteiger partial charge in [0.25, 0.3) is 0 Å². The van der Waals surface area contributed by atoms with E-state index >= 15 is 0 Å². The van der Waals surface area contributed by atoms with Gasteiger partial charge in [-0.3, -0.25) is 9.78 Å². The second kappa shape index (κ2) is 6.70. The molecule has 0 saturated carbocycles. The Bertz CT molecular complexity index is 561. The van der Waals surface area contributed by atoms with Gasteiger partial charge in [0.1, 0.15) is 0 Å². The maximum absolute atomic E-state index is 11.8. The maximum Gasteiger partial charge on any atom is 0.239 e. The molecular weight excluding hydrogens is 250 g/mol. The Morgan fingerprint density at radius 1 is 1.15 bits per heavy atom. The van der Waals surface area contributed by atoms with Gasteiger partial charge in [0.05, 0.1) is 6.54 Å². The molecule has 2 rings (SSSR count). The van der Waals surface area contributed by atoms with Crippen LogP contribution >= 0.6 is 0 Å². The van der Waals surface area contributed by atoms with Gasteiger partial charge in [0.2, 0.25) is 5.91 Å². The zero-order valence-corrected chi connectivity index (χ0v) is 11.8. The lowest BCUT2D eigenvalue weighted by Gasteiger charge is -2.12. The van der Waals surface area contributed by atoms with Crippen LogP contribution < -0.4 is 10.6 Å². The first-order valence-electron chi connectivity index (χ1n) is 6.62. The molecule has 0 aliphatic carbocycles. The molecule has 0 saturated heterocycles. The predicted octanol–water partition coefficient (Wildman–Crippen LogP) is 2.43. The van der Waals surface area contributed by atoms with Crippen LogP contribution in [0.25, 0.3) is 0 Å². The van der Waals surface area contributed by atoms with E-state index in [0.29, 0.717) is 6.54 Å². The van der Waals surface area contributed by atoms with Crippen molar-refractivity contribution >= 4 is 11.6 Å². The minimum atomic E-state index is -0.0310. The van der Waals surface area contributed by atoms with Crippen LogP contribution in [0.3, 0.4) is 0 Å². The molecule has 0 radical (unpaired) electrons. The second-order valence-corrected chi connectivity index (χ2v) is 4.76. The van der Waals surface area contributed by atoms with Crippen LogP contribution in [0, 0.1) is 13.8 Å². The van der Waals surface area contributed by atoms with E-state index in [4.69, 9.17) is 0 Å². The Morgan fingerprint density at radius 2 is 1.90 bits per heavy atom. The summed E-state index contributed by atoms with van der Waals surface area (Å²) in [6.07, 6.45) is 3.47. The summed E-state index contributed by atoms with van der Waals surface area (Å²) in [7, 11) is 0. The first-order valence-corrected chi connectivity index (χ1v) is 6.62. The van der Waals surface area contributed by atoms with Crippen molar-refractivity contribution in [3.63, 3.8) is 0 Å². The van der Waals surface area contributed by atoms with Crippen molar-refractivity contribution in [1.29, 1.82) is 0 Å². The number of rotatable bonds is 5. The number of benzene rings is 1. The monoisotopic (exact) mass is 269 g/mol. The van der Waals surface area contributed by atoms with Crippen LogP contribution in [0.4, 0.5) is 5.69 Å². The summed E-state index contributed by atoms with van der Waals surface area (Å²) in [5.41, 5.74) is 4.31. The van der Waals surface area contributed by atoms with E-state index in [1.807, 2.05) is 44.2 Å². The van der Waals surface area contributed by atoms with Crippen molar-refractivity contribution in [3.05, 3.63) is 59.4 Å². The molecule has 4 nitrogen and oxygen atoms in total. The molecule has 1 aromatic heterocycles. The Labute approximate surface area is 119 Å². The second-order valence-electron chi connectivity index (χ2n) is 4.76. The van der Waals surface area contributed by atoms with E-state index in [9.17, 15) is 4.79 Å². The van der Waals surface area contributed by atoms with Gasteiger partial charge >= 0.3 is 0 Å². The fourth-order valence-corrected chi connectivity index (χ4v) is 2.03. The molecule has 2 aromatic rings. The smallest absolute Gasteiger partial charge is 0.239 e.